The van der Waals surface area contributed by atoms with E-state index in [0.29, 0.717) is 5.56 Å². The van der Waals surface area contributed by atoms with Crippen LogP contribution in [0.5, 0.6) is 11.5 Å². The summed E-state index contributed by atoms with van der Waals surface area (Å²) in [6, 6.07) is 71.1. The first-order valence-electron chi connectivity index (χ1n) is 20.5. The SMILES string of the molecule is N#Cc1ccc2c(c1)c1cc(-c3ccc4c(c3)Oc3cc(-c5ccc(S(=O)(=O)c6ccccc6)cc5)ccc3C43c4ccccc4-c4ccccc43)ccc1n2-c1ccccc1. The number of para-hydroxylation sites is 1. The molecule has 0 radical (unpaired) electrons. The Balaban J connectivity index is 1.03. The lowest BCUT2D eigenvalue weighted by Gasteiger charge is -2.39. The smallest absolute Gasteiger partial charge is 0.206 e. The Kier molecular flexibility index (Phi) is 7.83. The van der Waals surface area contributed by atoms with E-state index in [9.17, 15) is 13.7 Å². The highest BCUT2D eigenvalue weighted by molar-refractivity contribution is 7.91. The lowest BCUT2D eigenvalue weighted by molar-refractivity contribution is 0.437. The van der Waals surface area contributed by atoms with Gasteiger partial charge in [-0.25, -0.2) is 8.42 Å². The Hall–Kier alpha value is -7.98. The molecular weight excluding hydrogens is 781 g/mol. The Morgan fingerprint density at radius 1 is 0.452 bits per heavy atom. The third kappa shape index (κ3) is 5.16. The summed E-state index contributed by atoms with van der Waals surface area (Å²) < 4.78 is 36.2. The Morgan fingerprint density at radius 2 is 0.935 bits per heavy atom. The van der Waals surface area contributed by atoms with Crippen LogP contribution in [0.1, 0.15) is 27.8 Å². The molecule has 2 aliphatic rings. The van der Waals surface area contributed by atoms with Crippen molar-refractivity contribution in [2.45, 2.75) is 15.2 Å². The minimum atomic E-state index is -3.66. The van der Waals surface area contributed by atoms with Crippen molar-refractivity contribution in [2.24, 2.45) is 0 Å². The monoisotopic (exact) mass is 814 g/mol. The maximum absolute atomic E-state index is 13.4. The van der Waals surface area contributed by atoms with E-state index in [1.165, 1.54) is 22.3 Å². The average Bonchev–Trinajstić information content (AvgIpc) is 3.81. The molecule has 0 fully saturated rings. The van der Waals surface area contributed by atoms with Gasteiger partial charge in [0.1, 0.15) is 11.5 Å². The summed E-state index contributed by atoms with van der Waals surface area (Å²) in [6.07, 6.45) is 0. The largest absolute Gasteiger partial charge is 0.457 e. The molecule has 6 heteroatoms. The summed E-state index contributed by atoms with van der Waals surface area (Å²) in [5.74, 6) is 1.51. The summed E-state index contributed by atoms with van der Waals surface area (Å²) in [6.45, 7) is 0. The van der Waals surface area contributed by atoms with E-state index >= 15 is 0 Å². The van der Waals surface area contributed by atoms with Crippen LogP contribution in [0.3, 0.4) is 0 Å². The number of nitrogens with zero attached hydrogens (tertiary/aromatic N) is 2. The zero-order chi connectivity index (χ0) is 41.6. The molecule has 0 unspecified atom stereocenters. The van der Waals surface area contributed by atoms with Crippen LogP contribution in [0.4, 0.5) is 0 Å². The normalized spacial score (nSPS) is 13.2. The molecule has 9 aromatic carbocycles. The van der Waals surface area contributed by atoms with Gasteiger partial charge in [-0.3, -0.25) is 0 Å². The topological polar surface area (TPSA) is 72.1 Å². The van der Waals surface area contributed by atoms with E-state index in [1.807, 2.05) is 54.6 Å². The molecule has 1 aliphatic heterocycles. The van der Waals surface area contributed by atoms with Gasteiger partial charge in [0.2, 0.25) is 9.84 Å². The molecule has 62 heavy (non-hydrogen) atoms. The maximum Gasteiger partial charge on any atom is 0.206 e. The Bertz CT molecular complexity index is 3580. The summed E-state index contributed by atoms with van der Waals surface area (Å²) in [5, 5.41) is 12.0. The molecule has 10 aromatic rings. The summed E-state index contributed by atoms with van der Waals surface area (Å²) in [4.78, 5) is 0.511. The minimum Gasteiger partial charge on any atom is -0.457 e. The second-order valence-electron chi connectivity index (χ2n) is 16.0. The first-order chi connectivity index (χ1) is 30.4. The molecule has 0 saturated carbocycles. The number of nitriles is 1. The van der Waals surface area contributed by atoms with Gasteiger partial charge in [-0.15, -0.1) is 0 Å². The molecule has 2 heterocycles. The number of rotatable bonds is 5. The number of ether oxygens (including phenoxy) is 1. The van der Waals surface area contributed by atoms with Gasteiger partial charge in [-0.2, -0.15) is 5.26 Å². The van der Waals surface area contributed by atoms with Gasteiger partial charge in [0, 0.05) is 27.6 Å². The van der Waals surface area contributed by atoms with Crippen LogP contribution >= 0.6 is 0 Å². The molecule has 0 N–H and O–H groups in total. The predicted octanol–water partition coefficient (Wildman–Crippen LogP) is 13.3. The molecule has 5 nitrogen and oxygen atoms in total. The van der Waals surface area contributed by atoms with Gasteiger partial charge in [0.25, 0.3) is 0 Å². The highest BCUT2D eigenvalue weighted by atomic mass is 32.2. The molecule has 1 aromatic heterocycles. The minimum absolute atomic E-state index is 0.245. The molecule has 292 valence electrons. The van der Waals surface area contributed by atoms with E-state index < -0.39 is 15.3 Å². The molecule has 1 spiro atoms. The number of sulfone groups is 1. The van der Waals surface area contributed by atoms with Crippen molar-refractivity contribution in [3.05, 3.63) is 234 Å². The van der Waals surface area contributed by atoms with Crippen LogP contribution < -0.4 is 4.74 Å². The van der Waals surface area contributed by atoms with Crippen LogP contribution in [-0.2, 0) is 15.3 Å². The quantitative estimate of drug-likeness (QED) is 0.173. The maximum atomic E-state index is 13.4. The second kappa shape index (κ2) is 13.5. The van der Waals surface area contributed by atoms with E-state index in [2.05, 4.69) is 126 Å². The van der Waals surface area contributed by atoms with Gasteiger partial charge < -0.3 is 9.30 Å². The van der Waals surface area contributed by atoms with E-state index in [0.717, 1.165) is 72.4 Å². The third-order valence-corrected chi connectivity index (χ3v) is 14.5. The van der Waals surface area contributed by atoms with E-state index in [1.54, 1.807) is 36.4 Å². The van der Waals surface area contributed by atoms with Gasteiger partial charge >= 0.3 is 0 Å². The highest BCUT2D eigenvalue weighted by Gasteiger charge is 2.51. The van der Waals surface area contributed by atoms with Crippen LogP contribution in [0, 0.1) is 11.3 Å². The standard InChI is InChI=1S/C56H34N2O3S/c57-35-36-19-29-52-46(31-36)47-32-38(24-30-53(47)58(52)41-11-3-1-4-12-41)40-23-28-51-55(34-40)61-54-33-39(37-20-25-43(26-21-37)62(59,60)42-13-5-2-6-14-42)22-27-50(54)56(51)48-17-9-7-15-44(48)45-16-8-10-18-49(45)56/h1-34H. The number of hydrogen-bond donors (Lipinski definition) is 0. The third-order valence-electron chi connectivity index (χ3n) is 12.7. The van der Waals surface area contributed by atoms with Crippen molar-refractivity contribution in [2.75, 3.05) is 0 Å². The predicted molar refractivity (Wildman–Crippen MR) is 246 cm³/mol. The van der Waals surface area contributed by atoms with Crippen molar-refractivity contribution < 1.29 is 13.2 Å². The molecule has 12 rings (SSSR count). The highest BCUT2D eigenvalue weighted by Crippen LogP contribution is 2.62. The van der Waals surface area contributed by atoms with E-state index in [4.69, 9.17) is 4.74 Å². The zero-order valence-corrected chi connectivity index (χ0v) is 34.0. The van der Waals surface area contributed by atoms with E-state index in [-0.39, 0.29) is 9.79 Å². The van der Waals surface area contributed by atoms with Gasteiger partial charge in [0.15, 0.2) is 0 Å². The summed E-state index contributed by atoms with van der Waals surface area (Å²) >= 11 is 0. The fourth-order valence-electron chi connectivity index (χ4n) is 9.96. The number of fused-ring (bicyclic) bond motifs is 12. The van der Waals surface area contributed by atoms with Gasteiger partial charge in [0.05, 0.1) is 37.9 Å². The van der Waals surface area contributed by atoms with Crippen molar-refractivity contribution in [1.29, 1.82) is 5.26 Å². The van der Waals surface area contributed by atoms with Crippen molar-refractivity contribution in [1.82, 2.24) is 4.57 Å². The van der Waals surface area contributed by atoms with Crippen molar-refractivity contribution >= 4 is 31.6 Å². The van der Waals surface area contributed by atoms with Crippen LogP contribution in [0.25, 0.3) is 60.9 Å². The molecular formula is C56H34N2O3S. The van der Waals surface area contributed by atoms with Crippen molar-refractivity contribution in [3.8, 4) is 56.6 Å². The first kappa shape index (κ1) is 35.9. The first-order valence-corrected chi connectivity index (χ1v) is 22.0. The Morgan fingerprint density at radius 3 is 1.56 bits per heavy atom. The molecule has 0 saturated heterocycles. The van der Waals surface area contributed by atoms with Gasteiger partial charge in [-0.1, -0.05) is 127 Å². The van der Waals surface area contributed by atoms with Crippen molar-refractivity contribution in [3.63, 3.8) is 0 Å². The Labute approximate surface area is 358 Å². The zero-order valence-electron chi connectivity index (χ0n) is 33.2. The van der Waals surface area contributed by atoms with Gasteiger partial charge in [-0.05, 0) is 123 Å². The fraction of sp³-hybridized carbons (Fsp3) is 0.0179. The fourth-order valence-corrected chi connectivity index (χ4v) is 11.2. The molecule has 0 bridgehead atoms. The number of hydrogen-bond acceptors (Lipinski definition) is 4. The average molecular weight is 815 g/mol. The van der Waals surface area contributed by atoms with Crippen LogP contribution in [-0.4, -0.2) is 13.0 Å². The lowest BCUT2D eigenvalue weighted by atomic mass is 9.65. The van der Waals surface area contributed by atoms with Crippen LogP contribution in [0.2, 0.25) is 0 Å². The molecule has 0 amide bonds. The second-order valence-corrected chi connectivity index (χ2v) is 17.9. The summed E-state index contributed by atoms with van der Waals surface area (Å²) in [5.41, 5.74) is 13.9. The lowest BCUT2D eigenvalue weighted by Crippen LogP contribution is -2.32. The molecule has 1 aliphatic carbocycles. The van der Waals surface area contributed by atoms with Crippen LogP contribution in [0.15, 0.2) is 216 Å². The number of aromatic nitrogens is 1. The summed E-state index contributed by atoms with van der Waals surface area (Å²) in [7, 11) is -3.66. The molecule has 0 atom stereocenters. The number of benzene rings is 9.